The summed E-state index contributed by atoms with van der Waals surface area (Å²) in [4.78, 5) is 70.5. The molecule has 2 aliphatic rings. The van der Waals surface area contributed by atoms with E-state index in [-0.39, 0.29) is 29.9 Å². The Labute approximate surface area is 229 Å². The molecule has 0 bridgehead atoms. The summed E-state index contributed by atoms with van der Waals surface area (Å²) in [5.41, 5.74) is 2.27. The predicted octanol–water partition coefficient (Wildman–Crippen LogP) is 2.38. The Kier molecular flexibility index (Phi) is 7.49. The first-order valence-corrected chi connectivity index (χ1v) is 12.7. The van der Waals surface area contributed by atoms with Gasteiger partial charge in [-0.25, -0.2) is 9.97 Å². The van der Waals surface area contributed by atoms with E-state index in [0.29, 0.717) is 42.5 Å². The van der Waals surface area contributed by atoms with Crippen LogP contribution in [0.25, 0.3) is 11.4 Å². The lowest BCUT2D eigenvalue weighted by Gasteiger charge is -2.27. The lowest BCUT2D eigenvalue weighted by molar-refractivity contribution is -0.136. The van der Waals surface area contributed by atoms with Gasteiger partial charge in [0.2, 0.25) is 17.7 Å². The van der Waals surface area contributed by atoms with Gasteiger partial charge in [0, 0.05) is 31.1 Å². The Morgan fingerprint density at radius 2 is 1.80 bits per heavy atom. The molecule has 2 aliphatic heterocycles. The maximum absolute atomic E-state index is 13.2. The minimum atomic E-state index is -1.01. The Bertz CT molecular complexity index is 1490. The number of fused-ring (bicyclic) bond motifs is 1. The first-order chi connectivity index (χ1) is 19.3. The van der Waals surface area contributed by atoms with E-state index in [1.807, 2.05) is 24.3 Å². The molecule has 0 spiro atoms. The van der Waals surface area contributed by atoms with Crippen LogP contribution in [-0.4, -0.2) is 63.6 Å². The molecule has 12 heteroatoms. The molecule has 0 radical (unpaired) electrons. The van der Waals surface area contributed by atoms with Crippen LogP contribution in [0.1, 0.15) is 46.9 Å². The van der Waals surface area contributed by atoms with E-state index in [2.05, 4.69) is 25.9 Å². The van der Waals surface area contributed by atoms with Gasteiger partial charge >= 0.3 is 0 Å². The molecule has 1 fully saturated rings. The molecule has 5 amide bonds. The van der Waals surface area contributed by atoms with Crippen LogP contribution >= 0.6 is 0 Å². The molecule has 1 unspecified atom stereocenters. The quantitative estimate of drug-likeness (QED) is 0.272. The smallest absolute Gasteiger partial charge is 0.264 e. The van der Waals surface area contributed by atoms with E-state index in [1.54, 1.807) is 30.6 Å². The van der Waals surface area contributed by atoms with Crippen LogP contribution in [0.15, 0.2) is 54.9 Å². The highest BCUT2D eigenvalue weighted by Crippen LogP contribution is 2.32. The van der Waals surface area contributed by atoms with Crippen molar-refractivity contribution in [1.82, 2.24) is 20.2 Å². The molecule has 40 heavy (non-hydrogen) atoms. The summed E-state index contributed by atoms with van der Waals surface area (Å²) < 4.78 is 5.82. The van der Waals surface area contributed by atoms with E-state index >= 15 is 0 Å². The zero-order chi connectivity index (χ0) is 28.2. The molecule has 204 valence electrons. The fourth-order valence-corrected chi connectivity index (χ4v) is 4.59. The highest BCUT2D eigenvalue weighted by atomic mass is 16.5. The number of benzene rings is 2. The number of anilines is 2. The van der Waals surface area contributed by atoms with E-state index < -0.39 is 29.7 Å². The summed E-state index contributed by atoms with van der Waals surface area (Å²) >= 11 is 0. The van der Waals surface area contributed by atoms with Crippen LogP contribution in [0.3, 0.4) is 0 Å². The number of hydrogen-bond donors (Lipinski definition) is 3. The summed E-state index contributed by atoms with van der Waals surface area (Å²) in [5, 5.41) is 8.01. The first kappa shape index (κ1) is 26.5. The fourth-order valence-electron chi connectivity index (χ4n) is 4.59. The average molecular weight is 543 g/mol. The third kappa shape index (κ3) is 5.51. The Morgan fingerprint density at radius 1 is 1.05 bits per heavy atom. The molecule has 3 N–H and O–H groups in total. The second-order valence-electron chi connectivity index (χ2n) is 9.31. The van der Waals surface area contributed by atoms with E-state index in [0.717, 1.165) is 10.5 Å². The highest BCUT2D eigenvalue weighted by Gasteiger charge is 2.45. The third-order valence-corrected chi connectivity index (χ3v) is 6.46. The number of carbonyl (C=O) groups is 5. The maximum Gasteiger partial charge on any atom is 0.264 e. The van der Waals surface area contributed by atoms with Crippen molar-refractivity contribution in [3.05, 3.63) is 66.0 Å². The molecule has 1 saturated heterocycles. The molecule has 1 atom stereocenters. The molecule has 3 aromatic rings. The predicted molar refractivity (Wildman–Crippen MR) is 143 cm³/mol. The number of piperidine rings is 1. The Morgan fingerprint density at radius 3 is 2.50 bits per heavy atom. The average Bonchev–Trinajstić information content (AvgIpc) is 3.19. The van der Waals surface area contributed by atoms with Gasteiger partial charge in [-0.1, -0.05) is 6.07 Å². The second kappa shape index (κ2) is 11.3. The normalized spacial score (nSPS) is 16.4. The zero-order valence-electron chi connectivity index (χ0n) is 21.6. The topological polar surface area (TPSA) is 160 Å². The third-order valence-electron chi connectivity index (χ3n) is 6.46. The number of carbonyl (C=O) groups excluding carboxylic acids is 5. The maximum atomic E-state index is 13.2. The van der Waals surface area contributed by atoms with Crippen molar-refractivity contribution in [1.29, 1.82) is 0 Å². The molecule has 2 aromatic carbocycles. The summed E-state index contributed by atoms with van der Waals surface area (Å²) in [5.74, 6) is -1.16. The first-order valence-electron chi connectivity index (χ1n) is 12.7. The van der Waals surface area contributed by atoms with Gasteiger partial charge in [0.25, 0.3) is 11.8 Å². The van der Waals surface area contributed by atoms with E-state index in [4.69, 9.17) is 4.74 Å². The SMILES string of the molecule is CC(=O)Nc1cnc(-c2ccc(OCCCNc3cccc4c3C(=O)N(C3CCC(=O)NC3=O)C4=O)cc2)nc1. The van der Waals surface area contributed by atoms with Gasteiger partial charge in [0.1, 0.15) is 11.8 Å². The van der Waals surface area contributed by atoms with Crippen molar-refractivity contribution < 1.29 is 28.7 Å². The minimum Gasteiger partial charge on any atom is -0.494 e. The van der Waals surface area contributed by atoms with Gasteiger partial charge in [-0.3, -0.25) is 34.2 Å². The lowest BCUT2D eigenvalue weighted by Crippen LogP contribution is -2.54. The van der Waals surface area contributed by atoms with Crippen molar-refractivity contribution in [2.24, 2.45) is 0 Å². The van der Waals surface area contributed by atoms with Gasteiger partial charge < -0.3 is 15.4 Å². The molecular formula is C28H26N6O6. The number of amides is 5. The fraction of sp³-hybridized carbons (Fsp3) is 0.250. The number of imide groups is 2. The standard InChI is InChI=1S/C28H26N6O6/c1-16(35)32-18-14-30-25(31-15-18)17-6-8-19(9-7-17)40-13-3-12-29-21-5-2-4-20-24(21)28(39)34(27(20)38)22-10-11-23(36)33-26(22)37/h2,4-9,14-15,22,29H,3,10-13H2,1H3,(H,32,35)(H,33,36,37). The molecule has 1 aromatic heterocycles. The highest BCUT2D eigenvalue weighted by molar-refractivity contribution is 6.25. The number of nitrogens with one attached hydrogen (secondary N) is 3. The molecule has 0 aliphatic carbocycles. The Hall–Kier alpha value is -5.13. The van der Waals surface area contributed by atoms with Crippen LogP contribution in [0.2, 0.25) is 0 Å². The number of ether oxygens (including phenoxy) is 1. The lowest BCUT2D eigenvalue weighted by atomic mass is 10.0. The van der Waals surface area contributed by atoms with Crippen LogP contribution in [-0.2, 0) is 14.4 Å². The van der Waals surface area contributed by atoms with Crippen molar-refractivity contribution in [3.8, 4) is 17.1 Å². The monoisotopic (exact) mass is 542 g/mol. The van der Waals surface area contributed by atoms with Gasteiger partial charge in [0.05, 0.1) is 35.8 Å². The van der Waals surface area contributed by atoms with Crippen molar-refractivity contribution in [2.45, 2.75) is 32.2 Å². The van der Waals surface area contributed by atoms with Gasteiger partial charge in [-0.15, -0.1) is 0 Å². The van der Waals surface area contributed by atoms with Gasteiger partial charge in [0.15, 0.2) is 5.82 Å². The number of aromatic nitrogens is 2. The van der Waals surface area contributed by atoms with Crippen LogP contribution in [0.4, 0.5) is 11.4 Å². The summed E-state index contributed by atoms with van der Waals surface area (Å²) in [6.45, 7) is 2.29. The molecule has 12 nitrogen and oxygen atoms in total. The second-order valence-corrected chi connectivity index (χ2v) is 9.31. The summed E-state index contributed by atoms with van der Waals surface area (Å²) in [6.07, 6.45) is 3.87. The van der Waals surface area contributed by atoms with Crippen LogP contribution in [0.5, 0.6) is 5.75 Å². The van der Waals surface area contributed by atoms with Crippen molar-refractivity contribution in [2.75, 3.05) is 23.8 Å². The summed E-state index contributed by atoms with van der Waals surface area (Å²) in [7, 11) is 0. The van der Waals surface area contributed by atoms with Crippen LogP contribution in [0, 0.1) is 0 Å². The zero-order valence-corrected chi connectivity index (χ0v) is 21.6. The molecule has 3 heterocycles. The van der Waals surface area contributed by atoms with Gasteiger partial charge in [-0.05, 0) is 49.2 Å². The molecule has 5 rings (SSSR count). The Balaban J connectivity index is 1.13. The van der Waals surface area contributed by atoms with Gasteiger partial charge in [-0.2, -0.15) is 0 Å². The molecular weight excluding hydrogens is 516 g/mol. The van der Waals surface area contributed by atoms with E-state index in [1.165, 1.54) is 6.92 Å². The summed E-state index contributed by atoms with van der Waals surface area (Å²) in [6, 6.07) is 11.2. The number of nitrogens with zero attached hydrogens (tertiary/aromatic N) is 3. The van der Waals surface area contributed by atoms with Crippen molar-refractivity contribution in [3.63, 3.8) is 0 Å². The number of hydrogen-bond acceptors (Lipinski definition) is 9. The minimum absolute atomic E-state index is 0.0679. The van der Waals surface area contributed by atoms with Crippen LogP contribution < -0.4 is 20.7 Å². The largest absolute Gasteiger partial charge is 0.494 e. The van der Waals surface area contributed by atoms with E-state index in [9.17, 15) is 24.0 Å². The van der Waals surface area contributed by atoms with Crippen molar-refractivity contribution >= 4 is 40.9 Å². The number of rotatable bonds is 9. The molecule has 0 saturated carbocycles.